The predicted octanol–water partition coefficient (Wildman–Crippen LogP) is 12.6. The summed E-state index contributed by atoms with van der Waals surface area (Å²) in [6, 6.07) is 58.1. The van der Waals surface area contributed by atoms with Gasteiger partial charge in [-0.2, -0.15) is 0 Å². The number of rotatable bonds is 6. The number of thiol groups is 3. The van der Waals surface area contributed by atoms with Crippen molar-refractivity contribution in [1.82, 2.24) is 0 Å². The van der Waals surface area contributed by atoms with Gasteiger partial charge in [-0.3, -0.25) is 0 Å². The van der Waals surface area contributed by atoms with Crippen LogP contribution in [0.3, 0.4) is 0 Å². The van der Waals surface area contributed by atoms with Gasteiger partial charge in [-0.05, 0) is 140 Å². The first kappa shape index (κ1) is 29.3. The molecule has 0 aromatic heterocycles. The highest BCUT2D eigenvalue weighted by Crippen LogP contribution is 2.37. The summed E-state index contributed by atoms with van der Waals surface area (Å²) in [5, 5.41) is 0. The van der Waals surface area contributed by atoms with Crippen LogP contribution in [0.5, 0.6) is 0 Å². The lowest BCUT2D eigenvalue weighted by Crippen LogP contribution is -1.88. The largest absolute Gasteiger partial charge is 0.143 e. The molecular weight excluding hydrogens is 601 g/mol. The molecule has 0 nitrogen and oxygen atoms in total. The Bertz CT molecular complexity index is 1900. The van der Waals surface area contributed by atoms with E-state index in [1.807, 2.05) is 18.2 Å². The Morgan fingerprint density at radius 1 is 0.200 bits per heavy atom. The summed E-state index contributed by atoms with van der Waals surface area (Å²) < 4.78 is 0. The minimum atomic E-state index is 0.953. The number of hydrogen-bond donors (Lipinski definition) is 3. The number of benzene rings is 7. The zero-order valence-electron chi connectivity index (χ0n) is 24.4. The van der Waals surface area contributed by atoms with Gasteiger partial charge in [0, 0.05) is 14.7 Å². The van der Waals surface area contributed by atoms with Gasteiger partial charge in [0.1, 0.15) is 0 Å². The molecule has 0 amide bonds. The highest BCUT2D eigenvalue weighted by atomic mass is 32.1. The maximum absolute atomic E-state index is 4.58. The topological polar surface area (TPSA) is 0 Å². The van der Waals surface area contributed by atoms with Crippen LogP contribution in [0.15, 0.2) is 178 Å². The minimum absolute atomic E-state index is 0.953. The minimum Gasteiger partial charge on any atom is -0.143 e. The molecule has 7 rings (SSSR count). The third kappa shape index (κ3) is 6.67. The fraction of sp³-hybridized carbons (Fsp3) is 0. The van der Waals surface area contributed by atoms with Crippen LogP contribution in [-0.2, 0) is 0 Å². The lowest BCUT2D eigenvalue weighted by molar-refractivity contribution is 1.46. The smallest absolute Gasteiger partial charge is 0.00461 e. The maximum atomic E-state index is 4.58. The molecule has 0 N–H and O–H groups in total. The van der Waals surface area contributed by atoms with E-state index in [-0.39, 0.29) is 0 Å². The lowest BCUT2D eigenvalue weighted by atomic mass is 9.90. The Balaban J connectivity index is 1.38. The maximum Gasteiger partial charge on any atom is 0.00461 e. The molecule has 0 spiro atoms. The van der Waals surface area contributed by atoms with Crippen LogP contribution in [0.2, 0.25) is 0 Å². The van der Waals surface area contributed by atoms with Crippen LogP contribution in [-0.4, -0.2) is 0 Å². The van der Waals surface area contributed by atoms with E-state index in [4.69, 9.17) is 0 Å². The van der Waals surface area contributed by atoms with Gasteiger partial charge in [0.05, 0.1) is 0 Å². The summed E-state index contributed by atoms with van der Waals surface area (Å²) >= 11 is 13.7. The predicted molar refractivity (Wildman–Crippen MR) is 201 cm³/mol. The van der Waals surface area contributed by atoms with E-state index in [1.54, 1.807) is 0 Å². The second-order valence-electron chi connectivity index (χ2n) is 11.2. The van der Waals surface area contributed by atoms with Crippen molar-refractivity contribution in [2.45, 2.75) is 14.7 Å². The molecule has 0 fully saturated rings. The molecule has 3 heteroatoms. The summed E-state index contributed by atoms with van der Waals surface area (Å²) in [6.07, 6.45) is 0. The average Bonchev–Trinajstić information content (AvgIpc) is 3.08. The van der Waals surface area contributed by atoms with Gasteiger partial charge < -0.3 is 0 Å². The molecule has 0 aliphatic rings. The van der Waals surface area contributed by atoms with Crippen molar-refractivity contribution in [1.29, 1.82) is 0 Å². The third-order valence-electron chi connectivity index (χ3n) is 8.06. The third-order valence-corrected chi connectivity index (χ3v) is 8.89. The van der Waals surface area contributed by atoms with Crippen molar-refractivity contribution >= 4 is 37.9 Å². The van der Waals surface area contributed by atoms with Crippen molar-refractivity contribution in [3.63, 3.8) is 0 Å². The molecule has 7 aromatic carbocycles. The van der Waals surface area contributed by atoms with E-state index in [2.05, 4.69) is 183 Å². The molecule has 0 heterocycles. The van der Waals surface area contributed by atoms with Gasteiger partial charge in [-0.15, -0.1) is 37.9 Å². The van der Waals surface area contributed by atoms with E-state index in [9.17, 15) is 0 Å². The van der Waals surface area contributed by atoms with Gasteiger partial charge in [-0.1, -0.05) is 91.0 Å². The molecule has 216 valence electrons. The second kappa shape index (κ2) is 12.9. The highest BCUT2D eigenvalue weighted by molar-refractivity contribution is 7.80. The normalized spacial score (nSPS) is 11.0. The van der Waals surface area contributed by atoms with Gasteiger partial charge in [-0.25, -0.2) is 0 Å². The summed E-state index contributed by atoms with van der Waals surface area (Å²) in [4.78, 5) is 2.86. The molecule has 0 atom stereocenters. The Labute approximate surface area is 281 Å². The summed E-state index contributed by atoms with van der Waals surface area (Å²) in [5.41, 5.74) is 13.9. The van der Waals surface area contributed by atoms with Crippen LogP contribution in [0, 0.1) is 0 Å². The Morgan fingerprint density at radius 3 is 0.622 bits per heavy atom. The molecule has 45 heavy (non-hydrogen) atoms. The van der Waals surface area contributed by atoms with E-state index >= 15 is 0 Å². The average molecular weight is 631 g/mol. The molecule has 0 radical (unpaired) electrons. The van der Waals surface area contributed by atoms with E-state index in [0.717, 1.165) is 81.4 Å². The molecule has 0 saturated heterocycles. The first-order chi connectivity index (χ1) is 22.0. The molecule has 7 aromatic rings. The summed E-state index contributed by atoms with van der Waals surface area (Å²) in [6.45, 7) is 0. The molecular formula is C42H30S3. The Hall–Kier alpha value is -4.41. The van der Waals surface area contributed by atoms with Gasteiger partial charge in [0.2, 0.25) is 0 Å². The molecule has 0 aliphatic carbocycles. The standard InChI is InChI=1S/C42H30S3/c43-40-16-4-13-34(25-40)28-7-1-10-31(19-28)37-22-38(32-11-2-8-29(20-32)35-14-5-17-41(44)26-35)24-39(23-37)33-12-3-9-30(21-33)36-15-6-18-42(45)27-36/h1-27,43-45H. The monoisotopic (exact) mass is 630 g/mol. The molecule has 0 aliphatic heterocycles. The van der Waals surface area contributed by atoms with E-state index in [1.165, 1.54) is 0 Å². The van der Waals surface area contributed by atoms with Crippen LogP contribution >= 0.6 is 37.9 Å². The molecule has 0 bridgehead atoms. The zero-order chi connectivity index (χ0) is 30.8. The Morgan fingerprint density at radius 2 is 0.378 bits per heavy atom. The van der Waals surface area contributed by atoms with Gasteiger partial charge in [0.15, 0.2) is 0 Å². The van der Waals surface area contributed by atoms with Crippen LogP contribution in [0.1, 0.15) is 0 Å². The quantitative estimate of drug-likeness (QED) is 0.150. The Kier molecular flexibility index (Phi) is 8.41. The molecule has 0 unspecified atom stereocenters. The fourth-order valence-electron chi connectivity index (χ4n) is 5.82. The van der Waals surface area contributed by atoms with Crippen molar-refractivity contribution in [3.8, 4) is 66.8 Å². The summed E-state index contributed by atoms with van der Waals surface area (Å²) in [7, 11) is 0. The van der Waals surface area contributed by atoms with Crippen molar-refractivity contribution in [2.75, 3.05) is 0 Å². The first-order valence-corrected chi connectivity index (χ1v) is 16.2. The summed E-state index contributed by atoms with van der Waals surface area (Å²) in [5.74, 6) is 0. The van der Waals surface area contributed by atoms with Crippen LogP contribution in [0.25, 0.3) is 66.8 Å². The van der Waals surface area contributed by atoms with Crippen molar-refractivity contribution < 1.29 is 0 Å². The van der Waals surface area contributed by atoms with Crippen molar-refractivity contribution in [3.05, 3.63) is 164 Å². The molecule has 0 saturated carbocycles. The van der Waals surface area contributed by atoms with E-state index in [0.29, 0.717) is 0 Å². The van der Waals surface area contributed by atoms with Crippen LogP contribution < -0.4 is 0 Å². The van der Waals surface area contributed by atoms with Gasteiger partial charge in [0.25, 0.3) is 0 Å². The van der Waals surface area contributed by atoms with Crippen molar-refractivity contribution in [2.24, 2.45) is 0 Å². The van der Waals surface area contributed by atoms with E-state index < -0.39 is 0 Å². The van der Waals surface area contributed by atoms with Gasteiger partial charge >= 0.3 is 0 Å². The lowest BCUT2D eigenvalue weighted by Gasteiger charge is -2.14. The number of hydrogen-bond acceptors (Lipinski definition) is 3. The van der Waals surface area contributed by atoms with Crippen LogP contribution in [0.4, 0.5) is 0 Å². The highest BCUT2D eigenvalue weighted by Gasteiger charge is 2.11. The fourth-order valence-corrected chi connectivity index (χ4v) is 6.49. The SMILES string of the molecule is Sc1cccc(-c2cccc(-c3cc(-c4cccc(-c5cccc(S)c5)c4)cc(-c4cccc(-c5cccc(S)c5)c4)c3)c2)c1. The second-order valence-corrected chi connectivity index (χ2v) is 12.7. The zero-order valence-corrected chi connectivity index (χ0v) is 27.1. The first-order valence-electron chi connectivity index (χ1n) is 14.8.